The monoisotopic (exact) mass is 290 g/mol. The highest BCUT2D eigenvalue weighted by molar-refractivity contribution is 5.83. The van der Waals surface area contributed by atoms with Crippen molar-refractivity contribution in [2.45, 2.75) is 6.42 Å². The van der Waals surface area contributed by atoms with E-state index >= 15 is 0 Å². The van der Waals surface area contributed by atoms with Gasteiger partial charge in [0.25, 0.3) is 0 Å². The van der Waals surface area contributed by atoms with Crippen LogP contribution in [0.1, 0.15) is 11.1 Å². The summed E-state index contributed by atoms with van der Waals surface area (Å²) in [5, 5.41) is 12.8. The zero-order valence-electron chi connectivity index (χ0n) is 10.9. The Bertz CT molecular complexity index is 667. The number of benzene rings is 2. The summed E-state index contributed by atoms with van der Waals surface area (Å²) in [7, 11) is 0. The van der Waals surface area contributed by atoms with Crippen LogP contribution in [-0.2, 0) is 11.2 Å². The van der Waals surface area contributed by atoms with Crippen LogP contribution in [0.2, 0.25) is 0 Å². The van der Waals surface area contributed by atoms with Crippen LogP contribution in [0.3, 0.4) is 0 Å². The quantitative estimate of drug-likeness (QED) is 0.671. The molecule has 0 unspecified atom stereocenters. The van der Waals surface area contributed by atoms with Gasteiger partial charge < -0.3 is 5.11 Å². The van der Waals surface area contributed by atoms with Crippen molar-refractivity contribution in [1.29, 1.82) is 0 Å². The maximum absolute atomic E-state index is 13.3. The van der Waals surface area contributed by atoms with Crippen LogP contribution in [0, 0.1) is 11.6 Å². The maximum atomic E-state index is 13.3. The third kappa shape index (κ3) is 4.10. The number of aromatic hydroxyl groups is 1. The van der Waals surface area contributed by atoms with Crippen molar-refractivity contribution in [3.63, 3.8) is 0 Å². The lowest BCUT2D eigenvalue weighted by Gasteiger charge is -2.01. The number of phenols is 1. The van der Waals surface area contributed by atoms with Gasteiger partial charge in [-0.25, -0.2) is 14.2 Å². The summed E-state index contributed by atoms with van der Waals surface area (Å²) >= 11 is 0. The molecule has 0 fully saturated rings. The fourth-order valence-electron chi connectivity index (χ4n) is 1.69. The largest absolute Gasteiger partial charge is 0.508 e. The maximum Gasteiger partial charge on any atom is 0.244 e. The van der Waals surface area contributed by atoms with E-state index in [0.29, 0.717) is 5.56 Å². The zero-order chi connectivity index (χ0) is 15.2. The number of nitrogens with one attached hydrogen (secondary N) is 1. The van der Waals surface area contributed by atoms with Crippen molar-refractivity contribution in [3.8, 4) is 5.75 Å². The molecule has 2 aromatic rings. The second-order valence-corrected chi connectivity index (χ2v) is 4.28. The van der Waals surface area contributed by atoms with Gasteiger partial charge >= 0.3 is 0 Å². The predicted molar refractivity (Wildman–Crippen MR) is 73.9 cm³/mol. The number of rotatable bonds is 4. The molecule has 2 rings (SSSR count). The van der Waals surface area contributed by atoms with Crippen molar-refractivity contribution >= 4 is 12.1 Å². The van der Waals surface area contributed by atoms with Gasteiger partial charge in [-0.2, -0.15) is 5.10 Å². The lowest BCUT2D eigenvalue weighted by atomic mass is 10.1. The first-order valence-electron chi connectivity index (χ1n) is 6.10. The minimum Gasteiger partial charge on any atom is -0.508 e. The molecule has 0 saturated heterocycles. The Morgan fingerprint density at radius 2 is 1.86 bits per heavy atom. The molecule has 0 aliphatic heterocycles. The van der Waals surface area contributed by atoms with E-state index < -0.39 is 17.5 Å². The number of phenolic OH excluding ortho intramolecular Hbond substituents is 1. The Morgan fingerprint density at radius 1 is 1.19 bits per heavy atom. The minimum absolute atomic E-state index is 0.00844. The number of hydrogen-bond acceptors (Lipinski definition) is 3. The molecule has 6 heteroatoms. The number of hydrazone groups is 1. The van der Waals surface area contributed by atoms with Gasteiger partial charge in [0.05, 0.1) is 18.2 Å². The van der Waals surface area contributed by atoms with Gasteiger partial charge in [-0.3, -0.25) is 4.79 Å². The van der Waals surface area contributed by atoms with Gasteiger partial charge in [0.15, 0.2) is 0 Å². The Kier molecular flexibility index (Phi) is 4.61. The average Bonchev–Trinajstić information content (AvgIpc) is 2.42. The third-order valence-electron chi connectivity index (χ3n) is 2.66. The molecule has 0 saturated carbocycles. The molecule has 0 bridgehead atoms. The topological polar surface area (TPSA) is 61.7 Å². The van der Waals surface area contributed by atoms with Crippen molar-refractivity contribution in [1.82, 2.24) is 5.43 Å². The first-order chi connectivity index (χ1) is 10.1. The first kappa shape index (κ1) is 14.6. The summed E-state index contributed by atoms with van der Waals surface area (Å²) in [6, 6.07) is 9.64. The summed E-state index contributed by atoms with van der Waals surface area (Å²) in [4.78, 5) is 11.6. The van der Waals surface area contributed by atoms with Gasteiger partial charge in [0.1, 0.15) is 17.4 Å². The third-order valence-corrected chi connectivity index (χ3v) is 2.66. The van der Waals surface area contributed by atoms with E-state index in [1.165, 1.54) is 18.2 Å². The molecule has 0 heterocycles. The summed E-state index contributed by atoms with van der Waals surface area (Å²) in [6.45, 7) is 0. The van der Waals surface area contributed by atoms with E-state index in [1.807, 2.05) is 0 Å². The van der Waals surface area contributed by atoms with Crippen LogP contribution in [0.5, 0.6) is 5.75 Å². The van der Waals surface area contributed by atoms with Crippen LogP contribution in [0.15, 0.2) is 47.6 Å². The van der Waals surface area contributed by atoms with Crippen molar-refractivity contribution in [2.24, 2.45) is 5.10 Å². The number of nitrogens with zero attached hydrogens (tertiary/aromatic N) is 1. The second kappa shape index (κ2) is 6.60. The normalized spacial score (nSPS) is 10.8. The highest BCUT2D eigenvalue weighted by Crippen LogP contribution is 2.11. The lowest BCUT2D eigenvalue weighted by molar-refractivity contribution is -0.120. The number of hydrogen-bond donors (Lipinski definition) is 2. The van der Waals surface area contributed by atoms with E-state index in [2.05, 4.69) is 10.5 Å². The molecule has 0 spiro atoms. The molecule has 0 aliphatic rings. The Balaban J connectivity index is 1.96. The summed E-state index contributed by atoms with van der Waals surface area (Å²) in [6.07, 6.45) is 0.899. The molecular weight excluding hydrogens is 278 g/mol. The Hall–Kier alpha value is -2.76. The molecule has 0 aliphatic carbocycles. The van der Waals surface area contributed by atoms with E-state index in [0.717, 1.165) is 18.3 Å². The van der Waals surface area contributed by atoms with Crippen molar-refractivity contribution < 1.29 is 18.7 Å². The predicted octanol–water partition coefficient (Wildman–Crippen LogP) is 2.36. The standard InChI is InChI=1S/C15H12F2N2O2/c16-13-5-2-6-14(17)12(13)9-18-19-15(21)8-10-3-1-4-11(20)7-10/h1-7,9,20H,8H2,(H,19,21). The van der Waals surface area contributed by atoms with Gasteiger partial charge in [0.2, 0.25) is 5.91 Å². The van der Waals surface area contributed by atoms with Gasteiger partial charge in [-0.15, -0.1) is 0 Å². The van der Waals surface area contributed by atoms with E-state index in [-0.39, 0.29) is 17.7 Å². The van der Waals surface area contributed by atoms with Crippen molar-refractivity contribution in [3.05, 3.63) is 65.2 Å². The fourth-order valence-corrected chi connectivity index (χ4v) is 1.69. The molecule has 4 nitrogen and oxygen atoms in total. The van der Waals surface area contributed by atoms with Gasteiger partial charge in [-0.1, -0.05) is 18.2 Å². The van der Waals surface area contributed by atoms with Crippen LogP contribution < -0.4 is 5.43 Å². The van der Waals surface area contributed by atoms with Gasteiger partial charge in [0, 0.05) is 0 Å². The minimum atomic E-state index is -0.763. The van der Waals surface area contributed by atoms with Crippen LogP contribution in [0.25, 0.3) is 0 Å². The fraction of sp³-hybridized carbons (Fsp3) is 0.0667. The Labute approximate surface area is 119 Å². The van der Waals surface area contributed by atoms with E-state index in [4.69, 9.17) is 0 Å². The molecule has 2 N–H and O–H groups in total. The molecule has 1 amide bonds. The number of halogens is 2. The molecule has 21 heavy (non-hydrogen) atoms. The summed E-state index contributed by atoms with van der Waals surface area (Å²) < 4.78 is 26.6. The number of carbonyl (C=O) groups excluding carboxylic acids is 1. The molecule has 0 radical (unpaired) electrons. The number of amides is 1. The van der Waals surface area contributed by atoms with Crippen LogP contribution in [-0.4, -0.2) is 17.2 Å². The SMILES string of the molecule is O=C(Cc1cccc(O)c1)NN=Cc1c(F)cccc1F. The summed E-state index contributed by atoms with van der Waals surface area (Å²) in [5.74, 6) is -1.94. The highest BCUT2D eigenvalue weighted by atomic mass is 19.1. The molecule has 108 valence electrons. The van der Waals surface area contributed by atoms with Crippen molar-refractivity contribution in [2.75, 3.05) is 0 Å². The average molecular weight is 290 g/mol. The number of carbonyl (C=O) groups is 1. The Morgan fingerprint density at radius 3 is 2.52 bits per heavy atom. The molecule has 0 aromatic heterocycles. The zero-order valence-corrected chi connectivity index (χ0v) is 10.9. The van der Waals surface area contributed by atoms with Gasteiger partial charge in [-0.05, 0) is 29.8 Å². The van der Waals surface area contributed by atoms with Crippen LogP contribution in [0.4, 0.5) is 8.78 Å². The van der Waals surface area contributed by atoms with Crippen LogP contribution >= 0.6 is 0 Å². The van der Waals surface area contributed by atoms with E-state index in [9.17, 15) is 18.7 Å². The summed E-state index contributed by atoms with van der Waals surface area (Å²) in [5.41, 5.74) is 2.44. The van der Waals surface area contributed by atoms with E-state index in [1.54, 1.807) is 12.1 Å². The second-order valence-electron chi connectivity index (χ2n) is 4.28. The molecule has 0 atom stereocenters. The first-order valence-corrected chi connectivity index (χ1v) is 6.10. The smallest absolute Gasteiger partial charge is 0.244 e. The lowest BCUT2D eigenvalue weighted by Crippen LogP contribution is -2.19. The molecular formula is C15H12F2N2O2. The highest BCUT2D eigenvalue weighted by Gasteiger charge is 2.06. The molecule has 2 aromatic carbocycles.